The van der Waals surface area contributed by atoms with Crippen LogP contribution >= 0.6 is 11.3 Å². The SMILES string of the molecule is CCNC(=NCc1ccsc1)NCCCCN1C(=O)c2ccccc2C1=O. The lowest BCUT2D eigenvalue weighted by molar-refractivity contribution is 0.0652. The highest BCUT2D eigenvalue weighted by molar-refractivity contribution is 7.07. The van der Waals surface area contributed by atoms with Crippen molar-refractivity contribution in [3.05, 3.63) is 57.8 Å². The largest absolute Gasteiger partial charge is 0.357 e. The predicted molar refractivity (Wildman–Crippen MR) is 108 cm³/mol. The maximum absolute atomic E-state index is 12.3. The van der Waals surface area contributed by atoms with E-state index in [0.717, 1.165) is 31.9 Å². The van der Waals surface area contributed by atoms with Crippen molar-refractivity contribution in [3.63, 3.8) is 0 Å². The average Bonchev–Trinajstić information content (AvgIpc) is 3.28. The summed E-state index contributed by atoms with van der Waals surface area (Å²) in [5, 5.41) is 10.7. The summed E-state index contributed by atoms with van der Waals surface area (Å²) < 4.78 is 0. The topological polar surface area (TPSA) is 73.8 Å². The Morgan fingerprint density at radius 1 is 1.07 bits per heavy atom. The van der Waals surface area contributed by atoms with Crippen molar-refractivity contribution in [2.24, 2.45) is 4.99 Å². The number of thiophene rings is 1. The molecular formula is C20H24N4O2S. The smallest absolute Gasteiger partial charge is 0.261 e. The van der Waals surface area contributed by atoms with Gasteiger partial charge in [0.1, 0.15) is 0 Å². The van der Waals surface area contributed by atoms with Gasteiger partial charge in [-0.3, -0.25) is 14.5 Å². The molecule has 27 heavy (non-hydrogen) atoms. The number of unbranched alkanes of at least 4 members (excludes halogenated alkanes) is 1. The van der Waals surface area contributed by atoms with Crippen LogP contribution in [0.15, 0.2) is 46.1 Å². The van der Waals surface area contributed by atoms with E-state index in [-0.39, 0.29) is 11.8 Å². The molecule has 7 heteroatoms. The summed E-state index contributed by atoms with van der Waals surface area (Å²) in [7, 11) is 0. The Kier molecular flexibility index (Phi) is 6.59. The van der Waals surface area contributed by atoms with Crippen molar-refractivity contribution in [2.75, 3.05) is 19.6 Å². The molecule has 2 heterocycles. The molecule has 2 aromatic rings. The van der Waals surface area contributed by atoms with E-state index in [2.05, 4.69) is 27.1 Å². The second-order valence-electron chi connectivity index (χ2n) is 6.27. The number of aliphatic imine (C=N–C) groups is 1. The molecule has 0 saturated heterocycles. The molecule has 0 unspecified atom stereocenters. The van der Waals surface area contributed by atoms with Gasteiger partial charge in [-0.25, -0.2) is 4.99 Å². The van der Waals surface area contributed by atoms with Crippen LogP contribution in [0.4, 0.5) is 0 Å². The van der Waals surface area contributed by atoms with Crippen LogP contribution in [-0.4, -0.2) is 42.3 Å². The summed E-state index contributed by atoms with van der Waals surface area (Å²) in [5.41, 5.74) is 2.22. The number of carbonyl (C=O) groups excluding carboxylic acids is 2. The Morgan fingerprint density at radius 3 is 2.44 bits per heavy atom. The van der Waals surface area contributed by atoms with Crippen LogP contribution in [0.1, 0.15) is 46.0 Å². The van der Waals surface area contributed by atoms with Gasteiger partial charge in [-0.05, 0) is 54.3 Å². The van der Waals surface area contributed by atoms with E-state index in [0.29, 0.717) is 24.2 Å². The maximum atomic E-state index is 12.3. The monoisotopic (exact) mass is 384 g/mol. The summed E-state index contributed by atoms with van der Waals surface area (Å²) in [4.78, 5) is 30.6. The molecule has 1 aromatic carbocycles. The Morgan fingerprint density at radius 2 is 1.81 bits per heavy atom. The van der Waals surface area contributed by atoms with E-state index in [1.807, 2.05) is 12.3 Å². The van der Waals surface area contributed by atoms with E-state index in [1.54, 1.807) is 35.6 Å². The van der Waals surface area contributed by atoms with Crippen LogP contribution in [0.2, 0.25) is 0 Å². The lowest BCUT2D eigenvalue weighted by Gasteiger charge is -2.14. The minimum absolute atomic E-state index is 0.186. The first kappa shape index (κ1) is 19.1. The summed E-state index contributed by atoms with van der Waals surface area (Å²) in [5.74, 6) is 0.410. The number of amides is 2. The number of rotatable bonds is 8. The predicted octanol–water partition coefficient (Wildman–Crippen LogP) is 2.88. The number of nitrogens with zero attached hydrogens (tertiary/aromatic N) is 2. The van der Waals surface area contributed by atoms with Gasteiger partial charge in [0, 0.05) is 19.6 Å². The van der Waals surface area contributed by atoms with Crippen LogP contribution in [0.3, 0.4) is 0 Å². The third-order valence-electron chi connectivity index (χ3n) is 4.32. The molecule has 142 valence electrons. The van der Waals surface area contributed by atoms with E-state index < -0.39 is 0 Å². The fraction of sp³-hybridized carbons (Fsp3) is 0.350. The number of hydrogen-bond acceptors (Lipinski definition) is 4. The first-order chi connectivity index (χ1) is 13.2. The van der Waals surface area contributed by atoms with Crippen molar-refractivity contribution in [3.8, 4) is 0 Å². The highest BCUT2D eigenvalue weighted by Crippen LogP contribution is 2.22. The number of hydrogen-bond donors (Lipinski definition) is 2. The fourth-order valence-electron chi connectivity index (χ4n) is 2.94. The third-order valence-corrected chi connectivity index (χ3v) is 5.06. The molecular weight excluding hydrogens is 360 g/mol. The Balaban J connectivity index is 1.42. The molecule has 0 aliphatic carbocycles. The summed E-state index contributed by atoms with van der Waals surface area (Å²) in [6.45, 7) is 4.65. The van der Waals surface area contributed by atoms with E-state index in [1.165, 1.54) is 10.5 Å². The van der Waals surface area contributed by atoms with E-state index in [9.17, 15) is 9.59 Å². The number of benzene rings is 1. The van der Waals surface area contributed by atoms with Gasteiger partial charge in [-0.1, -0.05) is 12.1 Å². The van der Waals surface area contributed by atoms with Gasteiger partial charge in [0.15, 0.2) is 5.96 Å². The number of imide groups is 1. The zero-order chi connectivity index (χ0) is 19.1. The molecule has 0 atom stereocenters. The highest BCUT2D eigenvalue weighted by atomic mass is 32.1. The molecule has 0 spiro atoms. The Labute approximate surface area is 163 Å². The molecule has 6 nitrogen and oxygen atoms in total. The van der Waals surface area contributed by atoms with Gasteiger partial charge in [-0.2, -0.15) is 11.3 Å². The van der Waals surface area contributed by atoms with E-state index >= 15 is 0 Å². The van der Waals surface area contributed by atoms with Crippen molar-refractivity contribution in [1.82, 2.24) is 15.5 Å². The van der Waals surface area contributed by atoms with Gasteiger partial charge >= 0.3 is 0 Å². The van der Waals surface area contributed by atoms with Crippen LogP contribution in [0.5, 0.6) is 0 Å². The minimum Gasteiger partial charge on any atom is -0.357 e. The number of nitrogens with one attached hydrogen (secondary N) is 2. The Bertz CT molecular complexity index is 782. The molecule has 0 saturated carbocycles. The lowest BCUT2D eigenvalue weighted by atomic mass is 10.1. The van der Waals surface area contributed by atoms with Gasteiger partial charge < -0.3 is 10.6 Å². The molecule has 1 aromatic heterocycles. The quantitative estimate of drug-likeness (QED) is 0.318. The maximum Gasteiger partial charge on any atom is 0.261 e. The average molecular weight is 385 g/mol. The molecule has 0 fully saturated rings. The summed E-state index contributed by atoms with van der Waals surface area (Å²) in [6.07, 6.45) is 1.60. The standard InChI is InChI=1S/C20H24N4O2S/c1-2-21-20(23-13-15-9-12-27-14-15)22-10-5-6-11-24-18(25)16-7-3-4-8-17(16)19(24)26/h3-4,7-9,12,14H,2,5-6,10-11,13H2,1H3,(H2,21,22,23). The molecule has 1 aliphatic heterocycles. The van der Waals surface area contributed by atoms with Crippen molar-refractivity contribution in [2.45, 2.75) is 26.3 Å². The van der Waals surface area contributed by atoms with Gasteiger partial charge in [-0.15, -0.1) is 0 Å². The summed E-state index contributed by atoms with van der Waals surface area (Å²) in [6, 6.07) is 9.07. The zero-order valence-electron chi connectivity index (χ0n) is 15.4. The lowest BCUT2D eigenvalue weighted by Crippen LogP contribution is -2.38. The van der Waals surface area contributed by atoms with Gasteiger partial charge in [0.2, 0.25) is 0 Å². The number of guanidine groups is 1. The van der Waals surface area contributed by atoms with Crippen molar-refractivity contribution < 1.29 is 9.59 Å². The van der Waals surface area contributed by atoms with Crippen molar-refractivity contribution in [1.29, 1.82) is 0 Å². The minimum atomic E-state index is -0.186. The van der Waals surface area contributed by atoms with E-state index in [4.69, 9.17) is 0 Å². The zero-order valence-corrected chi connectivity index (χ0v) is 16.2. The molecule has 0 radical (unpaired) electrons. The molecule has 3 rings (SSSR count). The second kappa shape index (κ2) is 9.32. The number of carbonyl (C=O) groups is 2. The number of fused-ring (bicyclic) bond motifs is 1. The first-order valence-electron chi connectivity index (χ1n) is 9.19. The molecule has 2 N–H and O–H groups in total. The second-order valence-corrected chi connectivity index (χ2v) is 7.05. The highest BCUT2D eigenvalue weighted by Gasteiger charge is 2.34. The van der Waals surface area contributed by atoms with Crippen LogP contribution in [0, 0.1) is 0 Å². The normalized spacial score (nSPS) is 13.8. The first-order valence-corrected chi connectivity index (χ1v) is 10.1. The third kappa shape index (κ3) is 4.74. The molecule has 2 amide bonds. The van der Waals surface area contributed by atoms with Crippen molar-refractivity contribution >= 4 is 29.1 Å². The molecule has 0 bridgehead atoms. The molecule has 1 aliphatic rings. The van der Waals surface area contributed by atoms with Crippen LogP contribution < -0.4 is 10.6 Å². The van der Waals surface area contributed by atoms with Crippen LogP contribution in [0.25, 0.3) is 0 Å². The fourth-order valence-corrected chi connectivity index (χ4v) is 3.60. The van der Waals surface area contributed by atoms with Crippen LogP contribution in [-0.2, 0) is 6.54 Å². The summed E-state index contributed by atoms with van der Waals surface area (Å²) >= 11 is 1.67. The van der Waals surface area contributed by atoms with Gasteiger partial charge in [0.05, 0.1) is 17.7 Å². The Hall–Kier alpha value is -2.67. The van der Waals surface area contributed by atoms with Gasteiger partial charge in [0.25, 0.3) is 11.8 Å².